The lowest BCUT2D eigenvalue weighted by Crippen LogP contribution is -2.25. The summed E-state index contributed by atoms with van der Waals surface area (Å²) in [5.41, 5.74) is 4.90. The molecule has 0 aliphatic rings. The molecule has 33 heavy (non-hydrogen) atoms. The third kappa shape index (κ3) is 8.01. The van der Waals surface area contributed by atoms with Crippen molar-refractivity contribution >= 4 is 56.3 Å². The van der Waals surface area contributed by atoms with Gasteiger partial charge < -0.3 is 14.8 Å². The molecule has 0 atom stereocenters. The summed E-state index contributed by atoms with van der Waals surface area (Å²) in [7, 11) is 0. The molecule has 0 aromatic heterocycles. The van der Waals surface area contributed by atoms with E-state index in [0.717, 1.165) is 19.2 Å². The Morgan fingerprint density at radius 1 is 1.12 bits per heavy atom. The van der Waals surface area contributed by atoms with E-state index < -0.39 is 0 Å². The molecule has 0 saturated heterocycles. The van der Waals surface area contributed by atoms with Crippen molar-refractivity contribution in [2.75, 3.05) is 18.5 Å². The first-order valence-corrected chi connectivity index (χ1v) is 12.0. The Balaban J connectivity index is 1.60. The van der Waals surface area contributed by atoms with E-state index in [9.17, 15) is 9.18 Å². The van der Waals surface area contributed by atoms with E-state index in [0.29, 0.717) is 30.4 Å². The number of anilines is 1. The Kier molecular flexibility index (Phi) is 9.49. The molecule has 0 heterocycles. The summed E-state index contributed by atoms with van der Waals surface area (Å²) in [6, 6.07) is 17.4. The number of amides is 1. The van der Waals surface area contributed by atoms with Crippen LogP contribution >= 0.6 is 38.5 Å². The topological polar surface area (TPSA) is 72.0 Å². The van der Waals surface area contributed by atoms with E-state index in [1.165, 1.54) is 12.1 Å². The number of hydrazone groups is 1. The van der Waals surface area contributed by atoms with Crippen molar-refractivity contribution in [1.82, 2.24) is 5.43 Å². The lowest BCUT2D eigenvalue weighted by atomic mass is 10.2. The van der Waals surface area contributed by atoms with Crippen LogP contribution in [-0.4, -0.2) is 25.3 Å². The molecular weight excluding hydrogens is 604 g/mol. The van der Waals surface area contributed by atoms with Crippen LogP contribution in [0.5, 0.6) is 11.5 Å². The number of carbonyl (C=O) groups excluding carboxylic acids is 1. The molecule has 0 fully saturated rings. The molecular formula is C24H22BrFIN3O3. The molecule has 0 bridgehead atoms. The van der Waals surface area contributed by atoms with Gasteiger partial charge >= 0.3 is 0 Å². The number of hydrogen-bond donors (Lipinski definition) is 2. The van der Waals surface area contributed by atoms with E-state index >= 15 is 0 Å². The van der Waals surface area contributed by atoms with Gasteiger partial charge in [0.25, 0.3) is 5.91 Å². The van der Waals surface area contributed by atoms with Crippen molar-refractivity contribution in [2.24, 2.45) is 5.10 Å². The number of carbonyl (C=O) groups is 1. The van der Waals surface area contributed by atoms with E-state index in [2.05, 4.69) is 54.4 Å². The minimum Gasteiger partial charge on any atom is -0.490 e. The van der Waals surface area contributed by atoms with E-state index in [-0.39, 0.29) is 18.3 Å². The molecule has 0 aliphatic carbocycles. The molecule has 0 aliphatic heterocycles. The van der Waals surface area contributed by atoms with Crippen LogP contribution in [0, 0.1) is 9.39 Å². The molecule has 0 spiro atoms. The van der Waals surface area contributed by atoms with Gasteiger partial charge in [-0.05, 0) is 89.2 Å². The van der Waals surface area contributed by atoms with Gasteiger partial charge in [0.15, 0.2) is 11.5 Å². The second-order valence-electron chi connectivity index (χ2n) is 6.83. The SMILES string of the molecule is CCOc1cc(/C=N\NC(=O)CNc2ccc(F)cc2)cc(I)c1OCc1ccc(Br)cc1. The number of halogens is 3. The third-order valence-corrected chi connectivity index (χ3v) is 5.66. The highest BCUT2D eigenvalue weighted by Gasteiger charge is 2.12. The normalized spacial score (nSPS) is 10.8. The van der Waals surface area contributed by atoms with Crippen LogP contribution in [0.4, 0.5) is 10.1 Å². The molecule has 0 unspecified atom stereocenters. The highest BCUT2D eigenvalue weighted by atomic mass is 127. The summed E-state index contributed by atoms with van der Waals surface area (Å²) in [5, 5.41) is 6.91. The largest absolute Gasteiger partial charge is 0.490 e. The number of nitrogens with zero attached hydrogens (tertiary/aromatic N) is 1. The number of benzene rings is 3. The van der Waals surface area contributed by atoms with Crippen molar-refractivity contribution in [3.63, 3.8) is 0 Å². The van der Waals surface area contributed by atoms with Gasteiger partial charge in [0.2, 0.25) is 0 Å². The number of ether oxygens (including phenoxy) is 2. The van der Waals surface area contributed by atoms with Gasteiger partial charge in [-0.1, -0.05) is 28.1 Å². The fourth-order valence-electron chi connectivity index (χ4n) is 2.77. The van der Waals surface area contributed by atoms with Gasteiger partial charge in [-0.25, -0.2) is 9.82 Å². The van der Waals surface area contributed by atoms with E-state index in [1.54, 1.807) is 18.3 Å². The monoisotopic (exact) mass is 625 g/mol. The van der Waals surface area contributed by atoms with Crippen LogP contribution in [0.3, 0.4) is 0 Å². The van der Waals surface area contributed by atoms with Crippen LogP contribution in [-0.2, 0) is 11.4 Å². The van der Waals surface area contributed by atoms with Crippen molar-refractivity contribution in [3.05, 3.63) is 85.7 Å². The molecule has 1 amide bonds. The summed E-state index contributed by atoms with van der Waals surface area (Å²) in [5.74, 6) is 0.599. The van der Waals surface area contributed by atoms with Crippen molar-refractivity contribution in [2.45, 2.75) is 13.5 Å². The summed E-state index contributed by atoms with van der Waals surface area (Å²) < 4.78 is 26.6. The number of rotatable bonds is 10. The van der Waals surface area contributed by atoms with Gasteiger partial charge in [-0.15, -0.1) is 0 Å². The molecule has 3 aromatic rings. The van der Waals surface area contributed by atoms with Crippen LogP contribution in [0.1, 0.15) is 18.1 Å². The molecule has 172 valence electrons. The Hall–Kier alpha value is -2.66. The zero-order valence-electron chi connectivity index (χ0n) is 17.8. The molecule has 9 heteroatoms. The van der Waals surface area contributed by atoms with Crippen molar-refractivity contribution in [3.8, 4) is 11.5 Å². The first-order valence-electron chi connectivity index (χ1n) is 10.1. The Labute approximate surface area is 213 Å². The van der Waals surface area contributed by atoms with Crippen molar-refractivity contribution < 1.29 is 18.7 Å². The molecule has 2 N–H and O–H groups in total. The quantitative estimate of drug-likeness (QED) is 0.171. The zero-order valence-corrected chi connectivity index (χ0v) is 21.5. The van der Waals surface area contributed by atoms with Gasteiger partial charge in [0.1, 0.15) is 12.4 Å². The molecule has 6 nitrogen and oxygen atoms in total. The predicted octanol–water partition coefficient (Wildman–Crippen LogP) is 5.73. The highest BCUT2D eigenvalue weighted by molar-refractivity contribution is 14.1. The van der Waals surface area contributed by atoms with Crippen LogP contribution in [0.15, 0.2) is 70.2 Å². The van der Waals surface area contributed by atoms with Gasteiger partial charge in [0.05, 0.1) is 22.9 Å². The molecule has 3 rings (SSSR count). The Morgan fingerprint density at radius 3 is 2.55 bits per heavy atom. The van der Waals surface area contributed by atoms with Crippen LogP contribution < -0.4 is 20.2 Å². The lowest BCUT2D eigenvalue weighted by molar-refractivity contribution is -0.119. The minimum atomic E-state index is -0.333. The summed E-state index contributed by atoms with van der Waals surface area (Å²) >= 11 is 5.62. The van der Waals surface area contributed by atoms with Gasteiger partial charge in [-0.2, -0.15) is 5.10 Å². The molecule has 0 saturated carbocycles. The fourth-order valence-corrected chi connectivity index (χ4v) is 3.82. The maximum Gasteiger partial charge on any atom is 0.259 e. The van der Waals surface area contributed by atoms with Gasteiger partial charge in [-0.3, -0.25) is 4.79 Å². The number of hydrogen-bond acceptors (Lipinski definition) is 5. The summed E-state index contributed by atoms with van der Waals surface area (Å²) in [4.78, 5) is 12.0. The first kappa shape index (κ1) is 25.0. The number of nitrogens with one attached hydrogen (secondary N) is 2. The molecule has 0 radical (unpaired) electrons. The standard InChI is InChI=1S/C24H22BrFIN3O3/c1-2-32-22-12-17(11-21(27)24(22)33-15-16-3-5-18(25)6-4-16)13-29-30-23(31)14-28-20-9-7-19(26)8-10-20/h3-13,28H,2,14-15H2,1H3,(H,30,31)/b29-13-. The van der Waals surface area contributed by atoms with Crippen LogP contribution in [0.25, 0.3) is 0 Å². The average molecular weight is 626 g/mol. The lowest BCUT2D eigenvalue weighted by Gasteiger charge is -2.15. The van der Waals surface area contributed by atoms with Crippen LogP contribution in [0.2, 0.25) is 0 Å². The predicted molar refractivity (Wildman–Crippen MR) is 139 cm³/mol. The second kappa shape index (κ2) is 12.5. The maximum absolute atomic E-state index is 12.9. The molecule has 3 aromatic carbocycles. The Morgan fingerprint density at radius 2 is 1.85 bits per heavy atom. The second-order valence-corrected chi connectivity index (χ2v) is 8.91. The van der Waals surface area contributed by atoms with E-state index in [4.69, 9.17) is 9.47 Å². The third-order valence-electron chi connectivity index (χ3n) is 4.33. The maximum atomic E-state index is 12.9. The van der Waals surface area contributed by atoms with Crippen molar-refractivity contribution in [1.29, 1.82) is 0 Å². The van der Waals surface area contributed by atoms with Gasteiger partial charge in [0, 0.05) is 10.2 Å². The fraction of sp³-hybridized carbons (Fsp3) is 0.167. The first-order chi connectivity index (χ1) is 15.9. The average Bonchev–Trinajstić information content (AvgIpc) is 2.79. The minimum absolute atomic E-state index is 0.00748. The Bertz CT molecular complexity index is 1110. The summed E-state index contributed by atoms with van der Waals surface area (Å²) in [6.45, 7) is 2.80. The smallest absolute Gasteiger partial charge is 0.259 e. The van der Waals surface area contributed by atoms with E-state index in [1.807, 2.05) is 43.3 Å². The highest BCUT2D eigenvalue weighted by Crippen LogP contribution is 2.34. The summed E-state index contributed by atoms with van der Waals surface area (Å²) in [6.07, 6.45) is 1.54. The zero-order chi connectivity index (χ0) is 23.6.